The number of rotatable bonds is 15. The Kier molecular flexibility index (Phi) is 11.2. The minimum absolute atomic E-state index is 0.0465. The predicted molar refractivity (Wildman–Crippen MR) is 198 cm³/mol. The quantitative estimate of drug-likeness (QED) is 0.124. The molecule has 0 unspecified atom stereocenters. The van der Waals surface area contributed by atoms with Gasteiger partial charge in [-0.2, -0.15) is 0 Å². The summed E-state index contributed by atoms with van der Waals surface area (Å²) < 4.78 is 13.0. The maximum Gasteiger partial charge on any atom is 0.250 e. The van der Waals surface area contributed by atoms with Crippen molar-refractivity contribution in [2.75, 3.05) is 13.1 Å². The van der Waals surface area contributed by atoms with Crippen molar-refractivity contribution >= 4 is 11.8 Å². The molecule has 0 saturated heterocycles. The lowest BCUT2D eigenvalue weighted by Gasteiger charge is -2.31. The topological polar surface area (TPSA) is 76.7 Å². The first-order valence-electron chi connectivity index (χ1n) is 18.0. The van der Waals surface area contributed by atoms with Gasteiger partial charge in [-0.05, 0) is 26.7 Å². The third-order valence-corrected chi connectivity index (χ3v) is 10.0. The Bertz CT molecular complexity index is 1590. The standard InChI is InChI=1S/C44H48N2O4/c1-33-39(31-43(49-33,35-21-11-7-12-22-35)36-23-13-8-14-24-36)41(47)45-29-19-5-3-4-6-20-30-46-42(48)40-32-44(50-34(40)2,37-25-15-9-16-26-37)38-27-17-10-18-28-38/h7-18,21-28H,3-6,19-20,29-32H2,1-2H3,(H,45,47)(H,46,48). The fourth-order valence-electron chi connectivity index (χ4n) is 7.33. The van der Waals surface area contributed by atoms with E-state index in [2.05, 4.69) is 59.2 Å². The molecule has 0 spiro atoms. The Hall–Kier alpha value is -5.10. The van der Waals surface area contributed by atoms with Crippen LogP contribution in [0, 0.1) is 0 Å². The molecule has 0 fully saturated rings. The molecule has 50 heavy (non-hydrogen) atoms. The summed E-state index contributed by atoms with van der Waals surface area (Å²) in [6.45, 7) is 5.07. The van der Waals surface area contributed by atoms with Crippen molar-refractivity contribution in [3.8, 4) is 0 Å². The maximum absolute atomic E-state index is 13.3. The summed E-state index contributed by atoms with van der Waals surface area (Å²) in [4.78, 5) is 26.5. The largest absolute Gasteiger partial charge is 0.482 e. The highest BCUT2D eigenvalue weighted by molar-refractivity contribution is 5.95. The van der Waals surface area contributed by atoms with Gasteiger partial charge in [0, 0.05) is 48.2 Å². The minimum Gasteiger partial charge on any atom is -0.482 e. The molecular weight excluding hydrogens is 620 g/mol. The highest BCUT2D eigenvalue weighted by Crippen LogP contribution is 2.48. The number of carbonyl (C=O) groups is 2. The summed E-state index contributed by atoms with van der Waals surface area (Å²) >= 11 is 0. The SMILES string of the molecule is CC1=C(C(=O)NCCCCCCCCNC(=O)C2=C(C)OC(c3ccccc3)(c3ccccc3)C2)CC(c2ccccc2)(c2ccccc2)O1. The predicted octanol–water partition coefficient (Wildman–Crippen LogP) is 8.84. The van der Waals surface area contributed by atoms with Crippen molar-refractivity contribution in [2.24, 2.45) is 0 Å². The van der Waals surface area contributed by atoms with Gasteiger partial charge in [0.1, 0.15) is 11.5 Å². The molecule has 258 valence electrons. The van der Waals surface area contributed by atoms with Gasteiger partial charge in [0.05, 0.1) is 11.1 Å². The van der Waals surface area contributed by atoms with Gasteiger partial charge in [0.2, 0.25) is 0 Å². The van der Waals surface area contributed by atoms with Crippen molar-refractivity contribution < 1.29 is 19.1 Å². The number of nitrogens with one attached hydrogen (secondary N) is 2. The van der Waals surface area contributed by atoms with Crippen molar-refractivity contribution in [3.63, 3.8) is 0 Å². The molecule has 0 atom stereocenters. The van der Waals surface area contributed by atoms with Crippen molar-refractivity contribution in [3.05, 3.63) is 166 Å². The summed E-state index contributed by atoms with van der Waals surface area (Å²) in [5, 5.41) is 6.27. The molecule has 6 nitrogen and oxygen atoms in total. The molecule has 0 saturated carbocycles. The molecule has 2 aliphatic heterocycles. The van der Waals surface area contributed by atoms with Gasteiger partial charge in [-0.3, -0.25) is 9.59 Å². The zero-order chi connectivity index (χ0) is 34.8. The van der Waals surface area contributed by atoms with Gasteiger partial charge < -0.3 is 20.1 Å². The van der Waals surface area contributed by atoms with E-state index < -0.39 is 11.2 Å². The van der Waals surface area contributed by atoms with Crippen LogP contribution in [0.1, 0.15) is 87.5 Å². The molecule has 0 bridgehead atoms. The van der Waals surface area contributed by atoms with E-state index in [0.717, 1.165) is 60.8 Å². The smallest absolute Gasteiger partial charge is 0.250 e. The average Bonchev–Trinajstić information content (AvgIpc) is 3.72. The number of benzene rings is 4. The fraction of sp³-hybridized carbons (Fsp3) is 0.318. The van der Waals surface area contributed by atoms with Crippen LogP contribution in [0.25, 0.3) is 0 Å². The van der Waals surface area contributed by atoms with Crippen LogP contribution in [0.5, 0.6) is 0 Å². The number of hydrogen-bond acceptors (Lipinski definition) is 4. The van der Waals surface area contributed by atoms with Gasteiger partial charge in [-0.1, -0.05) is 147 Å². The lowest BCUT2D eigenvalue weighted by molar-refractivity contribution is -0.118. The van der Waals surface area contributed by atoms with E-state index in [9.17, 15) is 9.59 Å². The van der Waals surface area contributed by atoms with E-state index in [1.807, 2.05) is 86.6 Å². The molecule has 4 aromatic rings. The van der Waals surface area contributed by atoms with Crippen LogP contribution in [0.15, 0.2) is 144 Å². The van der Waals surface area contributed by atoms with Crippen LogP contribution in [-0.4, -0.2) is 24.9 Å². The van der Waals surface area contributed by atoms with Crippen molar-refractivity contribution in [1.82, 2.24) is 10.6 Å². The Labute approximate surface area is 296 Å². The van der Waals surface area contributed by atoms with E-state index in [1.165, 1.54) is 0 Å². The molecule has 6 heteroatoms. The molecule has 2 aliphatic rings. The molecule has 0 aromatic heterocycles. The van der Waals surface area contributed by atoms with Crippen molar-refractivity contribution in [2.45, 2.75) is 76.4 Å². The Morgan fingerprint density at radius 1 is 0.480 bits per heavy atom. The third kappa shape index (κ3) is 7.55. The van der Waals surface area contributed by atoms with Crippen LogP contribution in [0.3, 0.4) is 0 Å². The van der Waals surface area contributed by atoms with Gasteiger partial charge >= 0.3 is 0 Å². The van der Waals surface area contributed by atoms with E-state index in [0.29, 0.717) is 48.6 Å². The molecular formula is C44H48N2O4. The summed E-state index contributed by atoms with van der Waals surface area (Å²) in [7, 11) is 0. The average molecular weight is 669 g/mol. The second-order valence-corrected chi connectivity index (χ2v) is 13.4. The molecule has 4 aromatic carbocycles. The van der Waals surface area contributed by atoms with Crippen LogP contribution in [-0.2, 0) is 30.3 Å². The lowest BCUT2D eigenvalue weighted by Crippen LogP contribution is -2.30. The number of amides is 2. The normalized spacial score (nSPS) is 16.1. The van der Waals surface area contributed by atoms with Crippen LogP contribution in [0.2, 0.25) is 0 Å². The first-order valence-corrected chi connectivity index (χ1v) is 18.0. The Morgan fingerprint density at radius 3 is 1.06 bits per heavy atom. The lowest BCUT2D eigenvalue weighted by atomic mass is 9.82. The Morgan fingerprint density at radius 2 is 0.760 bits per heavy atom. The van der Waals surface area contributed by atoms with E-state index in [1.54, 1.807) is 0 Å². The summed E-state index contributed by atoms with van der Waals surface area (Å²) in [5.74, 6) is 1.27. The summed E-state index contributed by atoms with van der Waals surface area (Å²) in [6, 6.07) is 40.6. The van der Waals surface area contributed by atoms with Crippen molar-refractivity contribution in [1.29, 1.82) is 0 Å². The van der Waals surface area contributed by atoms with Gasteiger partial charge in [0.15, 0.2) is 11.2 Å². The number of unbranched alkanes of at least 4 members (excludes halogenated alkanes) is 5. The number of hydrogen-bond donors (Lipinski definition) is 2. The fourth-order valence-corrected chi connectivity index (χ4v) is 7.33. The monoisotopic (exact) mass is 668 g/mol. The number of allylic oxidation sites excluding steroid dienone is 2. The zero-order valence-corrected chi connectivity index (χ0v) is 29.3. The van der Waals surface area contributed by atoms with E-state index in [-0.39, 0.29) is 11.8 Å². The van der Waals surface area contributed by atoms with E-state index >= 15 is 0 Å². The highest BCUT2D eigenvalue weighted by atomic mass is 16.5. The van der Waals surface area contributed by atoms with Crippen LogP contribution in [0.4, 0.5) is 0 Å². The first-order chi connectivity index (χ1) is 24.4. The molecule has 0 aliphatic carbocycles. The third-order valence-electron chi connectivity index (χ3n) is 10.0. The molecule has 0 radical (unpaired) electrons. The second-order valence-electron chi connectivity index (χ2n) is 13.4. The first kappa shape index (κ1) is 34.8. The maximum atomic E-state index is 13.3. The van der Waals surface area contributed by atoms with Gasteiger partial charge in [-0.15, -0.1) is 0 Å². The molecule has 2 amide bonds. The van der Waals surface area contributed by atoms with Crippen LogP contribution >= 0.6 is 0 Å². The van der Waals surface area contributed by atoms with Gasteiger partial charge in [0.25, 0.3) is 11.8 Å². The highest BCUT2D eigenvalue weighted by Gasteiger charge is 2.45. The Balaban J connectivity index is 0.895. The minimum atomic E-state index is -0.700. The molecule has 2 N–H and O–H groups in total. The molecule has 2 heterocycles. The second kappa shape index (κ2) is 16.1. The number of carbonyl (C=O) groups excluding carboxylic acids is 2. The van der Waals surface area contributed by atoms with Crippen LogP contribution < -0.4 is 10.6 Å². The summed E-state index contributed by atoms with van der Waals surface area (Å²) in [6.07, 6.45) is 7.13. The van der Waals surface area contributed by atoms with E-state index in [4.69, 9.17) is 9.47 Å². The number of ether oxygens (including phenoxy) is 2. The summed E-state index contributed by atoms with van der Waals surface area (Å²) in [5.41, 5.74) is 4.19. The van der Waals surface area contributed by atoms with Gasteiger partial charge in [-0.25, -0.2) is 0 Å². The zero-order valence-electron chi connectivity index (χ0n) is 29.3. The molecule has 6 rings (SSSR count).